The molecule has 0 aliphatic heterocycles. The summed E-state index contributed by atoms with van der Waals surface area (Å²) in [6.07, 6.45) is 5.36. The van der Waals surface area contributed by atoms with Gasteiger partial charge in [0.2, 0.25) is 0 Å². The van der Waals surface area contributed by atoms with E-state index < -0.39 is 0 Å². The molecule has 0 saturated carbocycles. The van der Waals surface area contributed by atoms with E-state index in [0.29, 0.717) is 0 Å². The van der Waals surface area contributed by atoms with Gasteiger partial charge in [-0.25, -0.2) is 0 Å². The zero-order valence-corrected chi connectivity index (χ0v) is 12.0. The Morgan fingerprint density at radius 1 is 1.12 bits per heavy atom. The number of oxime groups is 1. The fraction of sp³-hybridized carbons (Fsp3) is 0.462. The summed E-state index contributed by atoms with van der Waals surface area (Å²) < 4.78 is 0. The fourth-order valence-electron chi connectivity index (χ4n) is 1.66. The molecule has 16 heavy (non-hydrogen) atoms. The quantitative estimate of drug-likeness (QED) is 0.269. The van der Waals surface area contributed by atoms with E-state index >= 15 is 0 Å². The summed E-state index contributed by atoms with van der Waals surface area (Å²) in [5.74, 6) is 0. The molecule has 0 spiro atoms. The van der Waals surface area contributed by atoms with Crippen LogP contribution in [0.25, 0.3) is 0 Å². The van der Waals surface area contributed by atoms with Gasteiger partial charge >= 0.3 is 106 Å². The number of hydrogen-bond donors (Lipinski definition) is 1. The predicted molar refractivity (Wildman–Crippen MR) is 71.2 cm³/mol. The third-order valence-corrected chi connectivity index (χ3v) is 3.42. The second-order valence-corrected chi connectivity index (χ2v) is 5.14. The number of rotatable bonds is 7. The molecule has 0 heterocycles. The summed E-state index contributed by atoms with van der Waals surface area (Å²) in [5, 5.41) is 13.6. The van der Waals surface area contributed by atoms with Gasteiger partial charge in [-0.2, -0.15) is 0 Å². The molecule has 0 aliphatic carbocycles. The zero-order chi connectivity index (χ0) is 11.6. The second-order valence-electron chi connectivity index (χ2n) is 3.93. The molecular weight excluding hydrogens is 261 g/mol. The van der Waals surface area contributed by atoms with E-state index in [9.17, 15) is 0 Å². The first-order valence-electron chi connectivity index (χ1n) is 5.80. The van der Waals surface area contributed by atoms with Crippen LogP contribution in [0.4, 0.5) is 0 Å². The van der Waals surface area contributed by atoms with Gasteiger partial charge in [0, 0.05) is 0 Å². The summed E-state index contributed by atoms with van der Waals surface area (Å²) in [5.41, 5.74) is 2.11. The first kappa shape index (κ1) is 13.3. The van der Waals surface area contributed by atoms with Crippen LogP contribution in [-0.2, 0) is 6.42 Å². The topological polar surface area (TPSA) is 32.6 Å². The fourth-order valence-corrected chi connectivity index (χ4v) is 2.26. The molecule has 1 atom stereocenters. The van der Waals surface area contributed by atoms with Crippen LogP contribution in [0.5, 0.6) is 0 Å². The molecule has 1 N–H and O–H groups in total. The van der Waals surface area contributed by atoms with Crippen LogP contribution in [-0.4, -0.2) is 27.8 Å². The van der Waals surface area contributed by atoms with Crippen molar-refractivity contribution in [2.24, 2.45) is 5.16 Å². The van der Waals surface area contributed by atoms with E-state index in [2.05, 4.69) is 17.3 Å². The van der Waals surface area contributed by atoms with Gasteiger partial charge in [0.05, 0.1) is 0 Å². The number of hydrogen-bond acceptors (Lipinski definition) is 2. The third kappa shape index (κ3) is 5.36. The average molecular weight is 281 g/mol. The van der Waals surface area contributed by atoms with E-state index in [1.807, 2.05) is 18.2 Å². The molecule has 3 heteroatoms. The van der Waals surface area contributed by atoms with Crippen LogP contribution in [0, 0.1) is 0 Å². The monoisotopic (exact) mass is 281 g/mol. The van der Waals surface area contributed by atoms with E-state index in [-0.39, 0.29) is 0 Å². The van der Waals surface area contributed by atoms with Gasteiger partial charge in [0.15, 0.2) is 0 Å². The molecular formula is C13H20AsNO. The summed E-state index contributed by atoms with van der Waals surface area (Å²) >= 11 is 1.80. The zero-order valence-electron chi connectivity index (χ0n) is 9.60. The standard InChI is InChI=1S/C13H20AsNO/c14-10-6-2-5-9-13(15-16)11-12-7-3-1-4-8-12/h1,3-4,7-8,16H,2,5-6,9-11,14H2. The Labute approximate surface area is 106 Å². The van der Waals surface area contributed by atoms with E-state index in [1.54, 1.807) is 16.9 Å². The summed E-state index contributed by atoms with van der Waals surface area (Å²) in [7, 11) is 0. The van der Waals surface area contributed by atoms with E-state index in [4.69, 9.17) is 5.21 Å². The molecule has 1 unspecified atom stereocenters. The second kappa shape index (κ2) is 8.41. The van der Waals surface area contributed by atoms with Crippen molar-refractivity contribution in [1.29, 1.82) is 0 Å². The Balaban J connectivity index is 2.33. The van der Waals surface area contributed by atoms with Crippen molar-refractivity contribution in [3.63, 3.8) is 0 Å². The SMILES string of the molecule is ON=C(CCCCC[AsH2])Cc1ccccc1. The first-order chi connectivity index (χ1) is 7.86. The predicted octanol–water partition coefficient (Wildman–Crippen LogP) is 2.67. The Bertz CT molecular complexity index is 311. The Morgan fingerprint density at radius 2 is 1.88 bits per heavy atom. The minimum absolute atomic E-state index is 0.771. The van der Waals surface area contributed by atoms with E-state index in [1.165, 1.54) is 23.6 Å². The molecule has 1 aromatic rings. The van der Waals surface area contributed by atoms with Crippen molar-refractivity contribution >= 4 is 22.6 Å². The third-order valence-electron chi connectivity index (χ3n) is 2.56. The first-order valence-corrected chi connectivity index (χ1v) is 7.52. The molecule has 88 valence electrons. The van der Waals surface area contributed by atoms with E-state index in [0.717, 1.165) is 25.0 Å². The molecule has 0 bridgehead atoms. The van der Waals surface area contributed by atoms with Gasteiger partial charge in [0.25, 0.3) is 0 Å². The molecule has 1 rings (SSSR count). The van der Waals surface area contributed by atoms with Crippen LogP contribution in [0.3, 0.4) is 0 Å². The molecule has 1 aromatic carbocycles. The normalized spacial score (nSPS) is 11.7. The van der Waals surface area contributed by atoms with Crippen molar-refractivity contribution < 1.29 is 5.21 Å². The summed E-state index contributed by atoms with van der Waals surface area (Å²) in [6.45, 7) is 0. The Kier molecular flexibility index (Phi) is 6.99. The van der Waals surface area contributed by atoms with Crippen molar-refractivity contribution in [2.75, 3.05) is 0 Å². The molecule has 0 fully saturated rings. The maximum atomic E-state index is 8.93. The van der Waals surface area contributed by atoms with Gasteiger partial charge in [-0.3, -0.25) is 0 Å². The number of benzene rings is 1. The van der Waals surface area contributed by atoms with Crippen molar-refractivity contribution in [1.82, 2.24) is 0 Å². The Hall–Kier alpha value is -0.752. The average Bonchev–Trinajstić information content (AvgIpc) is 2.34. The molecule has 0 amide bonds. The van der Waals surface area contributed by atoms with Crippen molar-refractivity contribution in [2.45, 2.75) is 37.3 Å². The van der Waals surface area contributed by atoms with Crippen molar-refractivity contribution in [3.8, 4) is 0 Å². The maximum absolute atomic E-state index is 8.93. The van der Waals surface area contributed by atoms with Gasteiger partial charge in [-0.1, -0.05) is 0 Å². The van der Waals surface area contributed by atoms with Gasteiger partial charge in [0.1, 0.15) is 0 Å². The minimum atomic E-state index is 0.771. The van der Waals surface area contributed by atoms with Crippen molar-refractivity contribution in [3.05, 3.63) is 35.9 Å². The molecule has 2 nitrogen and oxygen atoms in total. The molecule has 0 aromatic heterocycles. The van der Waals surface area contributed by atoms with Gasteiger partial charge in [-0.15, -0.1) is 0 Å². The van der Waals surface area contributed by atoms with Gasteiger partial charge in [-0.05, 0) is 0 Å². The van der Waals surface area contributed by atoms with Crippen LogP contribution in [0.15, 0.2) is 35.5 Å². The van der Waals surface area contributed by atoms with Crippen LogP contribution < -0.4 is 0 Å². The molecule has 0 aliphatic rings. The Morgan fingerprint density at radius 3 is 2.50 bits per heavy atom. The van der Waals surface area contributed by atoms with Crippen LogP contribution >= 0.6 is 0 Å². The summed E-state index contributed by atoms with van der Waals surface area (Å²) in [4.78, 5) is 0. The summed E-state index contributed by atoms with van der Waals surface area (Å²) in [6, 6.07) is 10.2. The van der Waals surface area contributed by atoms with Crippen LogP contribution in [0.1, 0.15) is 31.2 Å². The molecule has 0 radical (unpaired) electrons. The van der Waals surface area contributed by atoms with Crippen LogP contribution in [0.2, 0.25) is 5.21 Å². The number of unbranched alkanes of at least 4 members (excludes halogenated alkanes) is 2. The number of nitrogens with zero attached hydrogens (tertiary/aromatic N) is 1. The van der Waals surface area contributed by atoms with Gasteiger partial charge < -0.3 is 0 Å². The molecule has 0 saturated heterocycles.